The summed E-state index contributed by atoms with van der Waals surface area (Å²) in [7, 11) is 1.46. The van der Waals surface area contributed by atoms with Gasteiger partial charge in [0.1, 0.15) is 0 Å². The molecular weight excluding hydrogens is 346 g/mol. The van der Waals surface area contributed by atoms with Crippen LogP contribution in [0.2, 0.25) is 5.02 Å². The Balaban J connectivity index is 2.75. The average molecular weight is 372 g/mol. The Kier molecular flexibility index (Phi) is 9.13. The summed E-state index contributed by atoms with van der Waals surface area (Å²) in [6.07, 6.45) is 2.46. The number of halogens is 1. The van der Waals surface area contributed by atoms with Crippen molar-refractivity contribution in [2.75, 3.05) is 20.3 Å². The smallest absolute Gasteiger partial charge is 0.338 e. The first kappa shape index (κ1) is 21.1. The number of carbonyl (C=O) groups excluding carboxylic acids is 2. The lowest BCUT2D eigenvalue weighted by Gasteiger charge is -2.15. The first-order valence-electron chi connectivity index (χ1n) is 8.43. The van der Waals surface area contributed by atoms with Crippen molar-refractivity contribution in [3.05, 3.63) is 22.7 Å². The molecule has 6 nitrogen and oxygen atoms in total. The van der Waals surface area contributed by atoms with Gasteiger partial charge in [0.2, 0.25) is 0 Å². The Bertz CT molecular complexity index is 587. The van der Waals surface area contributed by atoms with E-state index in [0.717, 1.165) is 19.3 Å². The van der Waals surface area contributed by atoms with Crippen LogP contribution in [0.15, 0.2) is 12.1 Å². The third-order valence-corrected chi connectivity index (χ3v) is 3.88. The minimum absolute atomic E-state index is 0.0794. The third kappa shape index (κ3) is 6.46. The monoisotopic (exact) mass is 371 g/mol. The molecule has 0 aliphatic heterocycles. The van der Waals surface area contributed by atoms with Gasteiger partial charge in [-0.1, -0.05) is 32.4 Å². The van der Waals surface area contributed by atoms with E-state index in [4.69, 9.17) is 25.8 Å². The maximum absolute atomic E-state index is 12.2. The molecule has 25 heavy (non-hydrogen) atoms. The second-order valence-electron chi connectivity index (χ2n) is 5.49. The van der Waals surface area contributed by atoms with Gasteiger partial charge in [0.25, 0.3) is 5.91 Å². The van der Waals surface area contributed by atoms with Crippen molar-refractivity contribution in [3.8, 4) is 11.5 Å². The molecule has 0 saturated heterocycles. The van der Waals surface area contributed by atoms with Gasteiger partial charge < -0.3 is 19.5 Å². The van der Waals surface area contributed by atoms with Crippen LogP contribution in [0.25, 0.3) is 0 Å². The Labute approximate surface area is 153 Å². The zero-order valence-electron chi connectivity index (χ0n) is 15.2. The maximum Gasteiger partial charge on any atom is 0.338 e. The molecule has 1 amide bonds. The summed E-state index contributed by atoms with van der Waals surface area (Å²) in [5, 5.41) is 3.05. The molecule has 0 fully saturated rings. The van der Waals surface area contributed by atoms with E-state index in [1.807, 2.05) is 20.8 Å². The van der Waals surface area contributed by atoms with E-state index in [9.17, 15) is 9.59 Å². The number of amides is 1. The zero-order chi connectivity index (χ0) is 18.8. The van der Waals surface area contributed by atoms with Crippen molar-refractivity contribution in [2.45, 2.75) is 46.1 Å². The molecule has 0 saturated carbocycles. The summed E-state index contributed by atoms with van der Waals surface area (Å²) < 4.78 is 15.8. The number of hydrogen-bond donors (Lipinski definition) is 1. The van der Waals surface area contributed by atoms with Gasteiger partial charge in [-0.3, -0.25) is 4.79 Å². The molecule has 0 aliphatic rings. The molecule has 1 aromatic carbocycles. The van der Waals surface area contributed by atoms with Gasteiger partial charge in [0, 0.05) is 6.04 Å². The first-order chi connectivity index (χ1) is 12.0. The Hall–Kier alpha value is -1.95. The number of carbonyl (C=O) groups is 2. The lowest BCUT2D eigenvalue weighted by molar-refractivity contribution is -0.125. The summed E-state index contributed by atoms with van der Waals surface area (Å²) in [6.45, 7) is 6.08. The van der Waals surface area contributed by atoms with Crippen molar-refractivity contribution in [2.24, 2.45) is 0 Å². The van der Waals surface area contributed by atoms with Crippen LogP contribution in [0, 0.1) is 0 Å². The number of rotatable bonds is 10. The fourth-order valence-electron chi connectivity index (χ4n) is 2.16. The molecule has 0 atom stereocenters. The number of nitrogens with one attached hydrogen (secondary N) is 1. The van der Waals surface area contributed by atoms with E-state index in [2.05, 4.69) is 5.32 Å². The second kappa shape index (κ2) is 10.8. The number of benzene rings is 1. The molecule has 0 heterocycles. The highest BCUT2D eigenvalue weighted by Gasteiger charge is 2.18. The van der Waals surface area contributed by atoms with Crippen LogP contribution < -0.4 is 14.8 Å². The van der Waals surface area contributed by atoms with Crippen LogP contribution in [0.5, 0.6) is 11.5 Å². The molecule has 0 aliphatic carbocycles. The van der Waals surface area contributed by atoms with Crippen LogP contribution in [0.3, 0.4) is 0 Å². The SMILES string of the molecule is CCCOc1c(Cl)cc(C(=O)OCC(=O)NC(CC)CC)cc1OC. The molecule has 1 N–H and O–H groups in total. The zero-order valence-corrected chi connectivity index (χ0v) is 15.9. The van der Waals surface area contributed by atoms with Crippen LogP contribution in [0.1, 0.15) is 50.4 Å². The molecule has 0 bridgehead atoms. The average Bonchev–Trinajstić information content (AvgIpc) is 2.62. The number of ether oxygens (including phenoxy) is 3. The number of methoxy groups -OCH3 is 1. The van der Waals surface area contributed by atoms with Crippen molar-refractivity contribution < 1.29 is 23.8 Å². The molecule has 1 rings (SSSR count). The van der Waals surface area contributed by atoms with Crippen LogP contribution in [0.4, 0.5) is 0 Å². The summed E-state index contributed by atoms with van der Waals surface area (Å²) in [6, 6.07) is 3.00. The van der Waals surface area contributed by atoms with Crippen molar-refractivity contribution in [1.82, 2.24) is 5.32 Å². The van der Waals surface area contributed by atoms with Gasteiger partial charge in [-0.2, -0.15) is 0 Å². The van der Waals surface area contributed by atoms with E-state index in [1.54, 1.807) is 0 Å². The fraction of sp³-hybridized carbons (Fsp3) is 0.556. The Morgan fingerprint density at radius 2 is 1.88 bits per heavy atom. The number of esters is 1. The molecule has 0 aromatic heterocycles. The van der Waals surface area contributed by atoms with Crippen LogP contribution in [-0.2, 0) is 9.53 Å². The molecule has 0 radical (unpaired) electrons. The standard InChI is InChI=1S/C18H26ClNO5/c1-5-8-24-17-14(19)9-12(10-15(17)23-4)18(22)25-11-16(21)20-13(6-2)7-3/h9-10,13H,5-8,11H2,1-4H3,(H,20,21). The molecule has 1 aromatic rings. The summed E-state index contributed by atoms with van der Waals surface area (Å²) in [4.78, 5) is 24.0. The fourth-order valence-corrected chi connectivity index (χ4v) is 2.42. The Morgan fingerprint density at radius 3 is 2.44 bits per heavy atom. The van der Waals surface area contributed by atoms with E-state index in [1.165, 1.54) is 19.2 Å². The van der Waals surface area contributed by atoms with Gasteiger partial charge in [-0.25, -0.2) is 4.79 Å². The van der Waals surface area contributed by atoms with E-state index in [-0.39, 0.29) is 29.1 Å². The molecule has 140 valence electrons. The number of hydrogen-bond acceptors (Lipinski definition) is 5. The van der Waals surface area contributed by atoms with Gasteiger partial charge in [-0.05, 0) is 31.4 Å². The molecule has 0 unspecified atom stereocenters. The predicted molar refractivity (Wildman–Crippen MR) is 96.6 cm³/mol. The molecular formula is C18H26ClNO5. The van der Waals surface area contributed by atoms with Gasteiger partial charge in [-0.15, -0.1) is 0 Å². The van der Waals surface area contributed by atoms with Crippen LogP contribution in [-0.4, -0.2) is 38.2 Å². The van der Waals surface area contributed by atoms with Crippen LogP contribution >= 0.6 is 11.6 Å². The van der Waals surface area contributed by atoms with Crippen molar-refractivity contribution >= 4 is 23.5 Å². The highest BCUT2D eigenvalue weighted by molar-refractivity contribution is 6.32. The molecule has 0 spiro atoms. The summed E-state index contributed by atoms with van der Waals surface area (Å²) >= 11 is 6.17. The lowest BCUT2D eigenvalue weighted by Crippen LogP contribution is -2.36. The van der Waals surface area contributed by atoms with Gasteiger partial charge in [0.05, 0.1) is 24.3 Å². The predicted octanol–water partition coefficient (Wildman–Crippen LogP) is 3.60. The van der Waals surface area contributed by atoms with Gasteiger partial charge >= 0.3 is 5.97 Å². The highest BCUT2D eigenvalue weighted by Crippen LogP contribution is 2.36. The summed E-state index contributed by atoms with van der Waals surface area (Å²) in [5.41, 5.74) is 0.195. The maximum atomic E-state index is 12.2. The van der Waals surface area contributed by atoms with E-state index < -0.39 is 5.97 Å². The van der Waals surface area contributed by atoms with Crippen molar-refractivity contribution in [3.63, 3.8) is 0 Å². The topological polar surface area (TPSA) is 73.9 Å². The second-order valence-corrected chi connectivity index (χ2v) is 5.90. The third-order valence-electron chi connectivity index (χ3n) is 3.60. The Morgan fingerprint density at radius 1 is 1.20 bits per heavy atom. The van der Waals surface area contributed by atoms with Crippen molar-refractivity contribution in [1.29, 1.82) is 0 Å². The summed E-state index contributed by atoms with van der Waals surface area (Å²) in [5.74, 6) is -0.256. The quantitative estimate of drug-likeness (QED) is 0.636. The highest BCUT2D eigenvalue weighted by atomic mass is 35.5. The minimum atomic E-state index is -0.651. The van der Waals surface area contributed by atoms with E-state index >= 15 is 0 Å². The molecule has 7 heteroatoms. The largest absolute Gasteiger partial charge is 0.493 e. The van der Waals surface area contributed by atoms with Gasteiger partial charge in [0.15, 0.2) is 18.1 Å². The minimum Gasteiger partial charge on any atom is -0.493 e. The van der Waals surface area contributed by atoms with E-state index in [0.29, 0.717) is 18.1 Å². The lowest BCUT2D eigenvalue weighted by atomic mass is 10.2. The first-order valence-corrected chi connectivity index (χ1v) is 8.81. The normalized spacial score (nSPS) is 10.5.